The summed E-state index contributed by atoms with van der Waals surface area (Å²) in [5, 5.41) is 9.71. The molecule has 2 aromatic rings. The third kappa shape index (κ3) is 1.48. The second kappa shape index (κ2) is 3.27. The topological polar surface area (TPSA) is 50.9 Å². The first-order valence-corrected chi connectivity index (χ1v) is 4.69. The summed E-state index contributed by atoms with van der Waals surface area (Å²) < 4.78 is 1.89. The van der Waals surface area contributed by atoms with Crippen LogP contribution in [-0.2, 0) is 6.61 Å². The maximum Gasteiger partial charge on any atom is 0.195 e. The Hall–Kier alpha value is -1.20. The summed E-state index contributed by atoms with van der Waals surface area (Å²) in [6, 6.07) is 0. The van der Waals surface area contributed by atoms with Crippen LogP contribution in [0.3, 0.4) is 0 Å². The predicted molar refractivity (Wildman–Crippen MR) is 49.9 cm³/mol. The van der Waals surface area contributed by atoms with Crippen molar-refractivity contribution in [1.82, 2.24) is 14.5 Å². The van der Waals surface area contributed by atoms with Gasteiger partial charge >= 0.3 is 0 Å². The lowest BCUT2D eigenvalue weighted by Crippen LogP contribution is -1.93. The van der Waals surface area contributed by atoms with Crippen LogP contribution >= 0.6 is 11.3 Å². The van der Waals surface area contributed by atoms with Gasteiger partial charge < -0.3 is 5.11 Å². The molecule has 0 saturated heterocycles. The number of aryl methyl sites for hydroxylation is 1. The van der Waals surface area contributed by atoms with Crippen LogP contribution in [0.25, 0.3) is 5.13 Å². The van der Waals surface area contributed by atoms with Gasteiger partial charge in [0.2, 0.25) is 0 Å². The first-order valence-electron chi connectivity index (χ1n) is 3.87. The standard InChI is InChI=1S/C8H9N3OS/c1-6-9-2-3-11(6)8-10-4-7(5-12)13-8/h2-4,12H,5H2,1H3. The second-order valence-electron chi connectivity index (χ2n) is 2.61. The van der Waals surface area contributed by atoms with Crippen LogP contribution < -0.4 is 0 Å². The number of hydrogen-bond donors (Lipinski definition) is 1. The zero-order valence-corrected chi connectivity index (χ0v) is 7.95. The van der Waals surface area contributed by atoms with Gasteiger partial charge in [-0.05, 0) is 6.92 Å². The van der Waals surface area contributed by atoms with Crippen molar-refractivity contribution in [3.63, 3.8) is 0 Å². The van der Waals surface area contributed by atoms with Gasteiger partial charge in [0.05, 0.1) is 11.5 Å². The molecule has 0 aliphatic rings. The summed E-state index contributed by atoms with van der Waals surface area (Å²) in [6.07, 6.45) is 5.27. The van der Waals surface area contributed by atoms with Crippen molar-refractivity contribution in [2.75, 3.05) is 0 Å². The lowest BCUT2D eigenvalue weighted by Gasteiger charge is -1.96. The molecular weight excluding hydrogens is 186 g/mol. The van der Waals surface area contributed by atoms with Gasteiger partial charge in [-0.15, -0.1) is 0 Å². The van der Waals surface area contributed by atoms with E-state index in [-0.39, 0.29) is 6.61 Å². The van der Waals surface area contributed by atoms with Crippen molar-refractivity contribution in [1.29, 1.82) is 0 Å². The van der Waals surface area contributed by atoms with Crippen molar-refractivity contribution in [3.05, 3.63) is 29.3 Å². The maximum atomic E-state index is 8.86. The molecule has 0 unspecified atom stereocenters. The van der Waals surface area contributed by atoms with Crippen LogP contribution in [0.2, 0.25) is 0 Å². The van der Waals surface area contributed by atoms with Gasteiger partial charge in [0.1, 0.15) is 5.82 Å². The molecule has 0 atom stereocenters. The van der Waals surface area contributed by atoms with Crippen LogP contribution in [0.4, 0.5) is 0 Å². The normalized spacial score (nSPS) is 10.6. The Balaban J connectivity index is 2.41. The van der Waals surface area contributed by atoms with Crippen molar-refractivity contribution in [2.45, 2.75) is 13.5 Å². The van der Waals surface area contributed by atoms with Gasteiger partial charge in [-0.3, -0.25) is 4.57 Å². The van der Waals surface area contributed by atoms with E-state index in [2.05, 4.69) is 9.97 Å². The molecule has 2 aromatic heterocycles. The summed E-state index contributed by atoms with van der Waals surface area (Å²) in [7, 11) is 0. The van der Waals surface area contributed by atoms with Crippen LogP contribution in [0.5, 0.6) is 0 Å². The van der Waals surface area contributed by atoms with E-state index in [4.69, 9.17) is 5.11 Å². The van der Waals surface area contributed by atoms with Gasteiger partial charge in [-0.2, -0.15) is 0 Å². The quantitative estimate of drug-likeness (QED) is 0.781. The number of aliphatic hydroxyl groups excluding tert-OH is 1. The van der Waals surface area contributed by atoms with Gasteiger partial charge in [-0.1, -0.05) is 11.3 Å². The third-order valence-electron chi connectivity index (χ3n) is 1.73. The van der Waals surface area contributed by atoms with Crippen molar-refractivity contribution >= 4 is 11.3 Å². The van der Waals surface area contributed by atoms with Crippen LogP contribution in [0.15, 0.2) is 18.6 Å². The zero-order valence-electron chi connectivity index (χ0n) is 7.14. The average molecular weight is 195 g/mol. The number of thiazole rings is 1. The van der Waals surface area contributed by atoms with Crippen molar-refractivity contribution in [3.8, 4) is 5.13 Å². The van der Waals surface area contributed by atoms with Gasteiger partial charge in [0.15, 0.2) is 5.13 Å². The number of aromatic nitrogens is 3. The molecule has 4 nitrogen and oxygen atoms in total. The van der Waals surface area contributed by atoms with E-state index in [0.717, 1.165) is 15.8 Å². The molecule has 0 aliphatic carbocycles. The Kier molecular flexibility index (Phi) is 2.12. The molecule has 0 spiro atoms. The zero-order chi connectivity index (χ0) is 9.26. The molecule has 0 bridgehead atoms. The highest BCUT2D eigenvalue weighted by Gasteiger charge is 2.04. The molecule has 2 heterocycles. The molecule has 2 rings (SSSR count). The maximum absolute atomic E-state index is 8.86. The van der Waals surface area contributed by atoms with E-state index in [1.165, 1.54) is 11.3 Å². The highest BCUT2D eigenvalue weighted by atomic mass is 32.1. The van der Waals surface area contributed by atoms with Crippen molar-refractivity contribution < 1.29 is 5.11 Å². The number of rotatable bonds is 2. The van der Waals surface area contributed by atoms with E-state index in [1.807, 2.05) is 17.7 Å². The highest BCUT2D eigenvalue weighted by Crippen LogP contribution is 2.17. The average Bonchev–Trinajstić information content (AvgIpc) is 2.71. The number of nitrogens with zero attached hydrogens (tertiary/aromatic N) is 3. The minimum Gasteiger partial charge on any atom is -0.391 e. The molecule has 13 heavy (non-hydrogen) atoms. The number of imidazole rings is 1. The minimum absolute atomic E-state index is 0.0470. The first-order chi connectivity index (χ1) is 6.31. The molecule has 0 aliphatic heterocycles. The molecule has 5 heteroatoms. The summed E-state index contributed by atoms with van der Waals surface area (Å²) in [5.74, 6) is 0.902. The van der Waals surface area contributed by atoms with E-state index in [1.54, 1.807) is 12.4 Å². The van der Waals surface area contributed by atoms with Crippen LogP contribution in [-0.4, -0.2) is 19.6 Å². The van der Waals surface area contributed by atoms with E-state index >= 15 is 0 Å². The molecule has 0 aromatic carbocycles. The molecule has 68 valence electrons. The van der Waals surface area contributed by atoms with Gasteiger partial charge in [0.25, 0.3) is 0 Å². The molecular formula is C8H9N3OS. The van der Waals surface area contributed by atoms with Gasteiger partial charge in [0, 0.05) is 18.6 Å². The smallest absolute Gasteiger partial charge is 0.195 e. The lowest BCUT2D eigenvalue weighted by molar-refractivity contribution is 0.285. The first kappa shape index (κ1) is 8.40. The fraction of sp³-hybridized carbons (Fsp3) is 0.250. The van der Waals surface area contributed by atoms with E-state index < -0.39 is 0 Å². The second-order valence-corrected chi connectivity index (χ2v) is 3.71. The Morgan fingerprint density at radius 1 is 1.54 bits per heavy atom. The minimum atomic E-state index is 0.0470. The highest BCUT2D eigenvalue weighted by molar-refractivity contribution is 7.14. The number of aliphatic hydroxyl groups is 1. The third-order valence-corrected chi connectivity index (χ3v) is 2.71. The molecule has 0 fully saturated rings. The van der Waals surface area contributed by atoms with Crippen molar-refractivity contribution in [2.24, 2.45) is 0 Å². The Bertz CT molecular complexity index is 407. The van der Waals surface area contributed by atoms with E-state index in [0.29, 0.717) is 0 Å². The lowest BCUT2D eigenvalue weighted by atomic mass is 10.6. The van der Waals surface area contributed by atoms with Crippen LogP contribution in [0.1, 0.15) is 10.7 Å². The molecule has 0 amide bonds. The Morgan fingerprint density at radius 3 is 2.92 bits per heavy atom. The molecule has 1 N–H and O–H groups in total. The predicted octanol–water partition coefficient (Wildman–Crippen LogP) is 1.13. The fourth-order valence-corrected chi connectivity index (χ4v) is 1.86. The fourth-order valence-electron chi connectivity index (χ4n) is 1.06. The SMILES string of the molecule is Cc1nccn1-c1ncc(CO)s1. The Morgan fingerprint density at radius 2 is 2.38 bits per heavy atom. The summed E-state index contributed by atoms with van der Waals surface area (Å²) in [5.41, 5.74) is 0. The largest absolute Gasteiger partial charge is 0.391 e. The summed E-state index contributed by atoms with van der Waals surface area (Å²) >= 11 is 1.47. The monoisotopic (exact) mass is 195 g/mol. The Labute approximate surface area is 79.5 Å². The molecule has 0 saturated carbocycles. The molecule has 0 radical (unpaired) electrons. The van der Waals surface area contributed by atoms with Gasteiger partial charge in [-0.25, -0.2) is 9.97 Å². The summed E-state index contributed by atoms with van der Waals surface area (Å²) in [4.78, 5) is 9.13. The number of hydrogen-bond acceptors (Lipinski definition) is 4. The van der Waals surface area contributed by atoms with Crippen LogP contribution in [0, 0.1) is 6.92 Å². The summed E-state index contributed by atoms with van der Waals surface area (Å²) in [6.45, 7) is 1.96. The van der Waals surface area contributed by atoms with E-state index in [9.17, 15) is 0 Å².